The Balaban J connectivity index is 2.82. The van der Waals surface area contributed by atoms with Crippen molar-refractivity contribution in [3.63, 3.8) is 0 Å². The monoisotopic (exact) mass is 152 g/mol. The maximum Gasteiger partial charge on any atom is 0.0951 e. The molecule has 0 unspecified atom stereocenters. The summed E-state index contributed by atoms with van der Waals surface area (Å²) >= 11 is 0. The van der Waals surface area contributed by atoms with Gasteiger partial charge in [0.1, 0.15) is 0 Å². The molecule has 0 saturated carbocycles. The summed E-state index contributed by atoms with van der Waals surface area (Å²) in [7, 11) is 0. The van der Waals surface area contributed by atoms with Gasteiger partial charge in [-0.15, -0.1) is 0 Å². The van der Waals surface area contributed by atoms with Crippen LogP contribution in [0, 0.1) is 0 Å². The third-order valence-electron chi connectivity index (χ3n) is 1.81. The highest BCUT2D eigenvalue weighted by molar-refractivity contribution is 5.02. The van der Waals surface area contributed by atoms with Gasteiger partial charge in [0.05, 0.1) is 12.0 Å². The van der Waals surface area contributed by atoms with Gasteiger partial charge in [0.15, 0.2) is 0 Å². The quantitative estimate of drug-likeness (QED) is 0.637. The summed E-state index contributed by atoms with van der Waals surface area (Å²) in [6.45, 7) is 8.64. The first kappa shape index (κ1) is 8.31. The maximum atomic E-state index is 4.30. The molecule has 0 amide bonds. The third-order valence-corrected chi connectivity index (χ3v) is 1.81. The standard InChI is InChI=1S/C9H16N2/c1-7(2)9-5-11(6-10-9)8(3)4/h5-8H,1-4H3. The first-order valence-corrected chi connectivity index (χ1v) is 4.14. The van der Waals surface area contributed by atoms with Crippen molar-refractivity contribution < 1.29 is 0 Å². The van der Waals surface area contributed by atoms with Gasteiger partial charge in [-0.3, -0.25) is 0 Å². The van der Waals surface area contributed by atoms with Gasteiger partial charge in [-0.1, -0.05) is 13.8 Å². The van der Waals surface area contributed by atoms with Crippen molar-refractivity contribution in [1.29, 1.82) is 0 Å². The molecule has 11 heavy (non-hydrogen) atoms. The number of imidazole rings is 1. The minimum absolute atomic E-state index is 0.523. The first-order valence-electron chi connectivity index (χ1n) is 4.14. The van der Waals surface area contributed by atoms with Crippen LogP contribution in [0.4, 0.5) is 0 Å². The second kappa shape index (κ2) is 3.07. The molecule has 0 aliphatic rings. The number of hydrogen-bond donors (Lipinski definition) is 0. The highest BCUT2D eigenvalue weighted by Gasteiger charge is 2.03. The van der Waals surface area contributed by atoms with Crippen molar-refractivity contribution in [2.45, 2.75) is 39.7 Å². The van der Waals surface area contributed by atoms with E-state index in [1.807, 2.05) is 6.33 Å². The molecule has 2 heteroatoms. The van der Waals surface area contributed by atoms with E-state index >= 15 is 0 Å². The second-order valence-electron chi connectivity index (χ2n) is 3.49. The lowest BCUT2D eigenvalue weighted by Gasteiger charge is -2.04. The van der Waals surface area contributed by atoms with Crippen LogP contribution in [0.2, 0.25) is 0 Å². The van der Waals surface area contributed by atoms with Gasteiger partial charge in [-0.05, 0) is 19.8 Å². The van der Waals surface area contributed by atoms with Crippen LogP contribution in [-0.4, -0.2) is 9.55 Å². The smallest absolute Gasteiger partial charge is 0.0951 e. The van der Waals surface area contributed by atoms with Crippen molar-refractivity contribution in [3.05, 3.63) is 18.2 Å². The molecular formula is C9H16N2. The lowest BCUT2D eigenvalue weighted by molar-refractivity contribution is 0.598. The van der Waals surface area contributed by atoms with Gasteiger partial charge < -0.3 is 4.57 Å². The highest BCUT2D eigenvalue weighted by Crippen LogP contribution is 2.13. The van der Waals surface area contributed by atoms with Crippen molar-refractivity contribution in [2.24, 2.45) is 0 Å². The summed E-state index contributed by atoms with van der Waals surface area (Å²) in [6, 6.07) is 0.523. The van der Waals surface area contributed by atoms with Crippen LogP contribution in [0.5, 0.6) is 0 Å². The van der Waals surface area contributed by atoms with Crippen LogP contribution < -0.4 is 0 Å². The van der Waals surface area contributed by atoms with Crippen LogP contribution in [0.25, 0.3) is 0 Å². The van der Waals surface area contributed by atoms with Crippen LogP contribution in [0.3, 0.4) is 0 Å². The van der Waals surface area contributed by atoms with Gasteiger partial charge in [0.2, 0.25) is 0 Å². The summed E-state index contributed by atoms with van der Waals surface area (Å²) in [5.41, 5.74) is 1.18. The maximum absolute atomic E-state index is 4.30. The van der Waals surface area contributed by atoms with Crippen LogP contribution >= 0.6 is 0 Å². The lowest BCUT2D eigenvalue weighted by Crippen LogP contribution is -1.96. The number of hydrogen-bond acceptors (Lipinski definition) is 1. The molecule has 0 fully saturated rings. The molecule has 1 aromatic rings. The lowest BCUT2D eigenvalue weighted by atomic mass is 10.2. The molecule has 0 aromatic carbocycles. The summed E-state index contributed by atoms with van der Waals surface area (Å²) in [4.78, 5) is 4.30. The average molecular weight is 152 g/mol. The Labute approximate surface area is 68.3 Å². The predicted molar refractivity (Wildman–Crippen MR) is 46.7 cm³/mol. The normalized spacial score (nSPS) is 11.5. The predicted octanol–water partition coefficient (Wildman–Crippen LogP) is 2.59. The van der Waals surface area contributed by atoms with E-state index in [1.54, 1.807) is 0 Å². The van der Waals surface area contributed by atoms with Crippen LogP contribution in [-0.2, 0) is 0 Å². The van der Waals surface area contributed by atoms with E-state index in [4.69, 9.17) is 0 Å². The fraction of sp³-hybridized carbons (Fsp3) is 0.667. The summed E-state index contributed by atoms with van der Waals surface area (Å²) in [5.74, 6) is 0.537. The number of nitrogens with zero attached hydrogens (tertiary/aromatic N) is 2. The zero-order valence-electron chi connectivity index (χ0n) is 7.70. The van der Waals surface area contributed by atoms with Gasteiger partial charge >= 0.3 is 0 Å². The molecule has 0 aliphatic carbocycles. The van der Waals surface area contributed by atoms with Crippen molar-refractivity contribution in [3.8, 4) is 0 Å². The molecule has 2 nitrogen and oxygen atoms in total. The second-order valence-corrected chi connectivity index (χ2v) is 3.49. The van der Waals surface area contributed by atoms with Crippen molar-refractivity contribution >= 4 is 0 Å². The Hall–Kier alpha value is -0.790. The molecule has 0 radical (unpaired) electrons. The van der Waals surface area contributed by atoms with Gasteiger partial charge in [0.25, 0.3) is 0 Å². The van der Waals surface area contributed by atoms with Crippen LogP contribution in [0.15, 0.2) is 12.5 Å². The third kappa shape index (κ3) is 1.82. The minimum atomic E-state index is 0.523. The number of aromatic nitrogens is 2. The Kier molecular flexibility index (Phi) is 2.32. The fourth-order valence-corrected chi connectivity index (χ4v) is 0.933. The molecule has 1 rings (SSSR count). The molecular weight excluding hydrogens is 136 g/mol. The Morgan fingerprint density at radius 3 is 2.18 bits per heavy atom. The van der Waals surface area contributed by atoms with Gasteiger partial charge in [-0.25, -0.2) is 4.98 Å². The average Bonchev–Trinajstić information content (AvgIpc) is 2.33. The van der Waals surface area contributed by atoms with E-state index in [-0.39, 0.29) is 0 Å². The molecule has 0 bridgehead atoms. The summed E-state index contributed by atoms with van der Waals surface area (Å²) in [6.07, 6.45) is 4.02. The molecule has 0 atom stereocenters. The van der Waals surface area contributed by atoms with Gasteiger partial charge in [0, 0.05) is 12.2 Å². The van der Waals surface area contributed by atoms with Crippen molar-refractivity contribution in [1.82, 2.24) is 9.55 Å². The topological polar surface area (TPSA) is 17.8 Å². The SMILES string of the molecule is CC(C)c1cn(C(C)C)cn1. The van der Waals surface area contributed by atoms with Crippen LogP contribution in [0.1, 0.15) is 45.3 Å². The fourth-order valence-electron chi connectivity index (χ4n) is 0.933. The van der Waals surface area contributed by atoms with E-state index in [0.717, 1.165) is 0 Å². The van der Waals surface area contributed by atoms with E-state index in [0.29, 0.717) is 12.0 Å². The highest BCUT2D eigenvalue weighted by atomic mass is 15.1. The Morgan fingerprint density at radius 1 is 1.27 bits per heavy atom. The van der Waals surface area contributed by atoms with E-state index in [1.165, 1.54) is 5.69 Å². The van der Waals surface area contributed by atoms with E-state index in [2.05, 4.69) is 43.4 Å². The largest absolute Gasteiger partial charge is 0.335 e. The summed E-state index contributed by atoms with van der Waals surface area (Å²) < 4.78 is 2.13. The Morgan fingerprint density at radius 2 is 1.91 bits per heavy atom. The molecule has 0 saturated heterocycles. The Bertz CT molecular complexity index is 201. The van der Waals surface area contributed by atoms with Crippen molar-refractivity contribution in [2.75, 3.05) is 0 Å². The molecule has 0 spiro atoms. The molecule has 1 aromatic heterocycles. The zero-order valence-corrected chi connectivity index (χ0v) is 7.70. The molecule has 1 heterocycles. The van der Waals surface area contributed by atoms with E-state index < -0.39 is 0 Å². The molecule has 0 aliphatic heterocycles. The molecule has 0 N–H and O–H groups in total. The van der Waals surface area contributed by atoms with Gasteiger partial charge in [-0.2, -0.15) is 0 Å². The minimum Gasteiger partial charge on any atom is -0.335 e. The molecule has 62 valence electrons. The summed E-state index contributed by atoms with van der Waals surface area (Å²) in [5, 5.41) is 0. The number of rotatable bonds is 2. The first-order chi connectivity index (χ1) is 5.11. The zero-order chi connectivity index (χ0) is 8.43. The van der Waals surface area contributed by atoms with E-state index in [9.17, 15) is 0 Å².